The zero-order valence-corrected chi connectivity index (χ0v) is 12.0. The minimum Gasteiger partial charge on any atom is -0.288 e. The predicted molar refractivity (Wildman–Crippen MR) is 75.8 cm³/mol. The van der Waals surface area contributed by atoms with Gasteiger partial charge >= 0.3 is 0 Å². The van der Waals surface area contributed by atoms with E-state index in [1.54, 1.807) is 11.6 Å². The molecule has 0 aromatic rings. The summed E-state index contributed by atoms with van der Waals surface area (Å²) in [7, 11) is -2.35. The molecular formula is C14H19NO4S. The van der Waals surface area contributed by atoms with Crippen LogP contribution in [-0.2, 0) is 15.1 Å². The molecule has 1 saturated carbocycles. The predicted octanol–water partition coefficient (Wildman–Crippen LogP) is 1.63. The Morgan fingerprint density at radius 3 is 2.60 bits per heavy atom. The van der Waals surface area contributed by atoms with Crippen LogP contribution in [0.25, 0.3) is 0 Å². The van der Waals surface area contributed by atoms with Crippen LogP contribution >= 0.6 is 0 Å². The number of carbonyl (C=O) groups is 1. The number of nitrogens with one attached hydrogen (secondary N) is 1. The van der Waals surface area contributed by atoms with Crippen molar-refractivity contribution in [1.29, 1.82) is 0 Å². The second kappa shape index (κ2) is 6.85. The summed E-state index contributed by atoms with van der Waals surface area (Å²) in [5.41, 5.74) is 1.93. The van der Waals surface area contributed by atoms with Gasteiger partial charge in [-0.15, -0.1) is 0 Å². The lowest BCUT2D eigenvalue weighted by atomic mass is 9.78. The number of hydroxylamine groups is 1. The Balaban J connectivity index is 2.26. The summed E-state index contributed by atoms with van der Waals surface area (Å²) in [4.78, 5) is 11.9. The molecule has 1 atom stereocenters. The van der Waals surface area contributed by atoms with Crippen molar-refractivity contribution in [3.8, 4) is 0 Å². The van der Waals surface area contributed by atoms with Crippen LogP contribution in [0.2, 0.25) is 0 Å². The maximum Gasteiger partial charge on any atom is 0.271 e. The van der Waals surface area contributed by atoms with Gasteiger partial charge in [-0.1, -0.05) is 44.3 Å². The molecule has 0 spiro atoms. The highest BCUT2D eigenvalue weighted by Crippen LogP contribution is 2.33. The van der Waals surface area contributed by atoms with E-state index in [9.17, 15) is 13.2 Å². The van der Waals surface area contributed by atoms with Crippen molar-refractivity contribution in [3.05, 3.63) is 23.8 Å². The molecule has 110 valence electrons. The third kappa shape index (κ3) is 3.37. The number of hydrogen-bond donors (Lipinski definition) is 2. The standard InChI is InChI=1S/C14H19NO4S/c16-14(15-17)11-7-4-8-13(20(18)19)12(11)9-10-5-2-1-3-6-10/h4,7-8,10,12,17H,1-3,5-6,9H2,(H,15,16). The molecule has 0 saturated heterocycles. The first-order valence-electron chi connectivity index (χ1n) is 6.92. The summed E-state index contributed by atoms with van der Waals surface area (Å²) < 4.78 is 22.7. The van der Waals surface area contributed by atoms with Crippen molar-refractivity contribution >= 4 is 21.1 Å². The lowest BCUT2D eigenvalue weighted by Gasteiger charge is -2.28. The Morgan fingerprint density at radius 1 is 1.30 bits per heavy atom. The van der Waals surface area contributed by atoms with Gasteiger partial charge in [0, 0.05) is 11.5 Å². The van der Waals surface area contributed by atoms with Gasteiger partial charge in [-0.3, -0.25) is 10.0 Å². The molecule has 2 rings (SSSR count). The molecule has 5 nitrogen and oxygen atoms in total. The Bertz CT molecular complexity index is 560. The maximum absolute atomic E-state index is 11.7. The van der Waals surface area contributed by atoms with E-state index in [2.05, 4.69) is 0 Å². The fraction of sp³-hybridized carbons (Fsp3) is 0.571. The van der Waals surface area contributed by atoms with Crippen molar-refractivity contribution < 1.29 is 18.4 Å². The molecule has 0 aromatic heterocycles. The number of carbonyl (C=O) groups excluding carboxylic acids is 1. The molecule has 0 radical (unpaired) electrons. The molecule has 0 aliphatic heterocycles. The second-order valence-corrected chi connectivity index (χ2v) is 6.29. The third-order valence-corrected chi connectivity index (χ3v) is 4.91. The monoisotopic (exact) mass is 297 g/mol. The van der Waals surface area contributed by atoms with E-state index < -0.39 is 22.1 Å². The van der Waals surface area contributed by atoms with Crippen molar-refractivity contribution in [2.75, 3.05) is 0 Å². The van der Waals surface area contributed by atoms with Crippen LogP contribution < -0.4 is 5.48 Å². The van der Waals surface area contributed by atoms with Gasteiger partial charge in [0.15, 0.2) is 0 Å². The van der Waals surface area contributed by atoms with E-state index in [4.69, 9.17) is 5.21 Å². The first-order chi connectivity index (χ1) is 9.63. The second-order valence-electron chi connectivity index (χ2n) is 5.35. The molecule has 6 heteroatoms. The van der Waals surface area contributed by atoms with Gasteiger partial charge in [0.25, 0.3) is 5.91 Å². The molecule has 2 N–H and O–H groups in total. The summed E-state index contributed by atoms with van der Waals surface area (Å²) in [5, 5.41) is 8.81. The summed E-state index contributed by atoms with van der Waals surface area (Å²) in [5.74, 6) is -0.639. The van der Waals surface area contributed by atoms with Crippen molar-refractivity contribution in [2.45, 2.75) is 38.5 Å². The summed E-state index contributed by atoms with van der Waals surface area (Å²) >= 11 is 0. The Labute approximate surface area is 119 Å². The van der Waals surface area contributed by atoms with E-state index in [-0.39, 0.29) is 4.86 Å². The van der Waals surface area contributed by atoms with Gasteiger partial charge in [-0.2, -0.15) is 8.42 Å². The van der Waals surface area contributed by atoms with E-state index in [1.165, 1.54) is 18.6 Å². The maximum atomic E-state index is 11.7. The normalized spacial score (nSPS) is 23.4. The highest BCUT2D eigenvalue weighted by Gasteiger charge is 2.30. The van der Waals surface area contributed by atoms with E-state index in [0.29, 0.717) is 17.9 Å². The number of rotatable bonds is 3. The fourth-order valence-electron chi connectivity index (χ4n) is 3.10. The Kier molecular flexibility index (Phi) is 5.14. The van der Waals surface area contributed by atoms with Gasteiger partial charge in [-0.25, -0.2) is 5.48 Å². The van der Waals surface area contributed by atoms with E-state index in [1.807, 2.05) is 0 Å². The van der Waals surface area contributed by atoms with Crippen LogP contribution in [0.1, 0.15) is 38.5 Å². The minimum atomic E-state index is -2.35. The Hall–Kier alpha value is -1.40. The summed E-state index contributed by atoms with van der Waals surface area (Å²) in [6.07, 6.45) is 11.0. The van der Waals surface area contributed by atoms with E-state index >= 15 is 0 Å². The fourth-order valence-corrected chi connectivity index (χ4v) is 3.75. The van der Waals surface area contributed by atoms with Crippen LogP contribution in [0.4, 0.5) is 0 Å². The van der Waals surface area contributed by atoms with Gasteiger partial charge in [0.2, 0.25) is 10.3 Å². The van der Waals surface area contributed by atoms with Crippen LogP contribution in [0.15, 0.2) is 23.8 Å². The molecule has 20 heavy (non-hydrogen) atoms. The smallest absolute Gasteiger partial charge is 0.271 e. The van der Waals surface area contributed by atoms with Gasteiger partial charge in [0.05, 0.1) is 4.86 Å². The SMILES string of the molecule is O=C(NO)C1=CC=CC(=S(=O)=O)C1CC1CCCCC1. The lowest BCUT2D eigenvalue weighted by Crippen LogP contribution is -2.32. The van der Waals surface area contributed by atoms with Crippen LogP contribution in [-0.4, -0.2) is 24.4 Å². The zero-order chi connectivity index (χ0) is 14.5. The van der Waals surface area contributed by atoms with Crippen LogP contribution in [0.5, 0.6) is 0 Å². The van der Waals surface area contributed by atoms with Crippen molar-refractivity contribution in [2.24, 2.45) is 11.8 Å². The highest BCUT2D eigenvalue weighted by atomic mass is 32.2. The number of allylic oxidation sites excluding steroid dienone is 3. The quantitative estimate of drug-likeness (QED) is 0.471. The largest absolute Gasteiger partial charge is 0.288 e. The summed E-state index contributed by atoms with van der Waals surface area (Å²) in [6.45, 7) is 0. The molecule has 1 fully saturated rings. The molecule has 2 aliphatic carbocycles. The Morgan fingerprint density at radius 2 is 2.00 bits per heavy atom. The molecule has 0 bridgehead atoms. The third-order valence-electron chi connectivity index (χ3n) is 4.11. The lowest BCUT2D eigenvalue weighted by molar-refractivity contribution is -0.125. The van der Waals surface area contributed by atoms with Gasteiger partial charge < -0.3 is 0 Å². The molecule has 0 heterocycles. The van der Waals surface area contributed by atoms with Crippen LogP contribution in [0.3, 0.4) is 0 Å². The number of amides is 1. The average Bonchev–Trinajstić information content (AvgIpc) is 2.47. The topological polar surface area (TPSA) is 83.5 Å². The van der Waals surface area contributed by atoms with E-state index in [0.717, 1.165) is 25.7 Å². The van der Waals surface area contributed by atoms with Gasteiger partial charge in [0.1, 0.15) is 0 Å². The molecule has 2 aliphatic rings. The minimum absolute atomic E-state index is 0.233. The molecular weight excluding hydrogens is 278 g/mol. The highest BCUT2D eigenvalue weighted by molar-refractivity contribution is 7.73. The average molecular weight is 297 g/mol. The molecule has 1 unspecified atom stereocenters. The first-order valence-corrected chi connectivity index (χ1v) is 7.99. The molecule has 1 amide bonds. The zero-order valence-electron chi connectivity index (χ0n) is 11.2. The van der Waals surface area contributed by atoms with Crippen molar-refractivity contribution in [1.82, 2.24) is 5.48 Å². The molecule has 0 aromatic carbocycles. The number of hydrogen-bond acceptors (Lipinski definition) is 4. The summed E-state index contributed by atoms with van der Waals surface area (Å²) in [6, 6.07) is 0. The van der Waals surface area contributed by atoms with Crippen LogP contribution in [0, 0.1) is 11.8 Å². The first kappa shape index (κ1) is 15.0. The van der Waals surface area contributed by atoms with Gasteiger partial charge in [-0.05, 0) is 18.4 Å². The van der Waals surface area contributed by atoms with Crippen molar-refractivity contribution in [3.63, 3.8) is 0 Å².